The maximum absolute atomic E-state index is 12.6. The summed E-state index contributed by atoms with van der Waals surface area (Å²) in [5.41, 5.74) is 0.655. The minimum atomic E-state index is -0.718. The predicted molar refractivity (Wildman–Crippen MR) is 104 cm³/mol. The van der Waals surface area contributed by atoms with Crippen LogP contribution in [0.2, 0.25) is 0 Å². The van der Waals surface area contributed by atoms with Gasteiger partial charge in [-0.1, -0.05) is 6.92 Å². The van der Waals surface area contributed by atoms with Crippen molar-refractivity contribution in [1.82, 2.24) is 15.1 Å². The molecule has 1 atom stereocenters. The highest BCUT2D eigenvalue weighted by Gasteiger charge is 2.30. The van der Waals surface area contributed by atoms with E-state index in [2.05, 4.69) is 27.4 Å². The van der Waals surface area contributed by atoms with E-state index in [-0.39, 0.29) is 18.2 Å². The van der Waals surface area contributed by atoms with Gasteiger partial charge in [0, 0.05) is 31.9 Å². The molecule has 0 radical (unpaired) electrons. The average Bonchev–Trinajstić information content (AvgIpc) is 2.69. The van der Waals surface area contributed by atoms with E-state index in [0.717, 1.165) is 38.5 Å². The molecule has 0 spiro atoms. The fourth-order valence-electron chi connectivity index (χ4n) is 3.19. The fourth-order valence-corrected chi connectivity index (χ4v) is 3.19. The molecule has 0 bridgehead atoms. The molecule has 8 heteroatoms. The number of anilines is 1. The lowest BCUT2D eigenvalue weighted by atomic mass is 10.1. The minimum Gasteiger partial charge on any atom is -0.494 e. The lowest BCUT2D eigenvalue weighted by Crippen LogP contribution is -2.56. The number of guanidine groups is 1. The number of ether oxygens (including phenoxy) is 1. The second-order valence-corrected chi connectivity index (χ2v) is 6.59. The van der Waals surface area contributed by atoms with Gasteiger partial charge in [-0.15, -0.1) is 0 Å². The van der Waals surface area contributed by atoms with E-state index in [0.29, 0.717) is 18.3 Å². The number of likely N-dealkylation sites (N-methyl/N-ethyl adjacent to an activating group) is 1. The second-order valence-electron chi connectivity index (χ2n) is 6.59. The Hall–Kier alpha value is -2.61. The van der Waals surface area contributed by atoms with Crippen LogP contribution in [-0.2, 0) is 9.59 Å². The molecule has 1 saturated heterocycles. The van der Waals surface area contributed by atoms with E-state index in [1.54, 1.807) is 24.3 Å². The third-order valence-corrected chi connectivity index (χ3v) is 4.76. The third-order valence-electron chi connectivity index (χ3n) is 4.76. The summed E-state index contributed by atoms with van der Waals surface area (Å²) >= 11 is 0. The Bertz CT molecular complexity index is 696. The molecule has 1 aromatic rings. The number of nitrogens with zero attached hydrogens (tertiary/aromatic N) is 3. The van der Waals surface area contributed by atoms with Crippen LogP contribution in [0.15, 0.2) is 29.3 Å². The average molecular weight is 373 g/mol. The molecule has 0 saturated carbocycles. The summed E-state index contributed by atoms with van der Waals surface area (Å²) in [5, 5.41) is 5.64. The highest BCUT2D eigenvalue weighted by atomic mass is 16.5. The normalized spacial score (nSPS) is 20.7. The van der Waals surface area contributed by atoms with Crippen LogP contribution in [0, 0.1) is 0 Å². The lowest BCUT2D eigenvalue weighted by Gasteiger charge is -2.37. The van der Waals surface area contributed by atoms with Crippen LogP contribution in [-0.4, -0.2) is 72.9 Å². The Morgan fingerprint density at radius 1 is 1.22 bits per heavy atom. The fraction of sp³-hybridized carbons (Fsp3) is 0.526. The highest BCUT2D eigenvalue weighted by molar-refractivity contribution is 6.05. The standard InChI is InChI=1S/C19H27N5O3/c1-3-23-9-11-24(12-10-23)19-21-16(13-17(25)22-19)18(26)20-14-5-7-15(8-6-14)27-4-2/h5-8,16H,3-4,9-13H2,1-2H3,(H,20,26)(H,21,22,25)/t16-/m1/s1. The summed E-state index contributed by atoms with van der Waals surface area (Å²) in [6, 6.07) is 6.44. The van der Waals surface area contributed by atoms with Crippen molar-refractivity contribution >= 4 is 23.5 Å². The molecule has 146 valence electrons. The Balaban J connectivity index is 1.64. The van der Waals surface area contributed by atoms with Crippen LogP contribution >= 0.6 is 0 Å². The summed E-state index contributed by atoms with van der Waals surface area (Å²) in [7, 11) is 0. The van der Waals surface area contributed by atoms with Gasteiger partial charge >= 0.3 is 0 Å². The third kappa shape index (κ3) is 4.97. The van der Waals surface area contributed by atoms with Crippen LogP contribution in [0.1, 0.15) is 20.3 Å². The number of carbonyl (C=O) groups is 2. The van der Waals surface area contributed by atoms with Crippen molar-refractivity contribution in [3.05, 3.63) is 24.3 Å². The Morgan fingerprint density at radius 3 is 2.56 bits per heavy atom. The Labute approximate surface area is 159 Å². The Morgan fingerprint density at radius 2 is 1.93 bits per heavy atom. The first kappa shape index (κ1) is 19.2. The zero-order chi connectivity index (χ0) is 19.2. The highest BCUT2D eigenvalue weighted by Crippen LogP contribution is 2.17. The van der Waals surface area contributed by atoms with Gasteiger partial charge in [0.05, 0.1) is 13.0 Å². The number of hydrogen-bond acceptors (Lipinski definition) is 6. The molecule has 0 aliphatic carbocycles. The molecule has 8 nitrogen and oxygen atoms in total. The van der Waals surface area contributed by atoms with Crippen molar-refractivity contribution < 1.29 is 14.3 Å². The number of hydrogen-bond donors (Lipinski definition) is 2. The molecule has 0 aromatic heterocycles. The van der Waals surface area contributed by atoms with Gasteiger partial charge in [-0.05, 0) is 37.7 Å². The molecule has 2 amide bonds. The number of aliphatic imine (C=N–C) groups is 1. The molecular weight excluding hydrogens is 346 g/mol. The van der Waals surface area contributed by atoms with Gasteiger partial charge in [-0.3, -0.25) is 14.9 Å². The first-order chi connectivity index (χ1) is 13.1. The molecule has 1 aromatic carbocycles. The number of rotatable bonds is 5. The predicted octanol–water partition coefficient (Wildman–Crippen LogP) is 0.906. The largest absolute Gasteiger partial charge is 0.494 e. The summed E-state index contributed by atoms with van der Waals surface area (Å²) in [5.74, 6) is 0.802. The topological polar surface area (TPSA) is 86.3 Å². The smallest absolute Gasteiger partial charge is 0.249 e. The Kier molecular flexibility index (Phi) is 6.28. The maximum Gasteiger partial charge on any atom is 0.249 e. The van der Waals surface area contributed by atoms with Crippen molar-refractivity contribution in [2.45, 2.75) is 26.3 Å². The van der Waals surface area contributed by atoms with Gasteiger partial charge < -0.3 is 19.9 Å². The molecule has 2 aliphatic heterocycles. The molecule has 2 heterocycles. The van der Waals surface area contributed by atoms with Gasteiger partial charge in [0.2, 0.25) is 17.8 Å². The number of carbonyl (C=O) groups excluding carboxylic acids is 2. The van der Waals surface area contributed by atoms with E-state index in [4.69, 9.17) is 4.74 Å². The van der Waals surface area contributed by atoms with E-state index < -0.39 is 6.04 Å². The summed E-state index contributed by atoms with van der Waals surface area (Å²) in [4.78, 5) is 33.6. The van der Waals surface area contributed by atoms with Crippen molar-refractivity contribution in [3.63, 3.8) is 0 Å². The number of piperazine rings is 1. The molecule has 27 heavy (non-hydrogen) atoms. The van der Waals surface area contributed by atoms with E-state index >= 15 is 0 Å². The molecular formula is C19H27N5O3. The van der Waals surface area contributed by atoms with Crippen molar-refractivity contribution in [2.75, 3.05) is 44.6 Å². The molecule has 2 aliphatic rings. The van der Waals surface area contributed by atoms with Gasteiger partial charge in [-0.25, -0.2) is 4.99 Å². The van der Waals surface area contributed by atoms with E-state index in [9.17, 15) is 9.59 Å². The van der Waals surface area contributed by atoms with Crippen LogP contribution in [0.4, 0.5) is 5.69 Å². The molecule has 0 unspecified atom stereocenters. The number of nitrogens with one attached hydrogen (secondary N) is 2. The number of amides is 2. The molecule has 1 fully saturated rings. The van der Waals surface area contributed by atoms with Crippen molar-refractivity contribution in [3.8, 4) is 5.75 Å². The second kappa shape index (κ2) is 8.85. The summed E-state index contributed by atoms with van der Waals surface area (Å²) in [6.07, 6.45) is 0.0568. The SMILES string of the molecule is CCOc1ccc(NC(=O)[C@H]2CC(=O)NC(N3CCN(CC)CC3)=N2)cc1. The molecule has 2 N–H and O–H groups in total. The zero-order valence-corrected chi connectivity index (χ0v) is 15.9. The van der Waals surface area contributed by atoms with Crippen molar-refractivity contribution in [1.29, 1.82) is 0 Å². The maximum atomic E-state index is 12.6. The summed E-state index contributed by atoms with van der Waals surface area (Å²) < 4.78 is 5.40. The van der Waals surface area contributed by atoms with Crippen LogP contribution in [0.25, 0.3) is 0 Å². The molecule has 3 rings (SSSR count). The van der Waals surface area contributed by atoms with Gasteiger partial charge in [0.1, 0.15) is 11.8 Å². The first-order valence-corrected chi connectivity index (χ1v) is 9.47. The monoisotopic (exact) mass is 373 g/mol. The zero-order valence-electron chi connectivity index (χ0n) is 15.9. The van der Waals surface area contributed by atoms with E-state index in [1.807, 2.05) is 11.8 Å². The van der Waals surface area contributed by atoms with Crippen LogP contribution in [0.5, 0.6) is 5.75 Å². The van der Waals surface area contributed by atoms with Gasteiger partial charge in [0.15, 0.2) is 0 Å². The van der Waals surface area contributed by atoms with Crippen LogP contribution in [0.3, 0.4) is 0 Å². The van der Waals surface area contributed by atoms with Gasteiger partial charge in [0.25, 0.3) is 0 Å². The quantitative estimate of drug-likeness (QED) is 0.801. The first-order valence-electron chi connectivity index (χ1n) is 9.47. The number of benzene rings is 1. The van der Waals surface area contributed by atoms with Crippen molar-refractivity contribution in [2.24, 2.45) is 4.99 Å². The van der Waals surface area contributed by atoms with E-state index in [1.165, 1.54) is 0 Å². The lowest BCUT2D eigenvalue weighted by molar-refractivity contribution is -0.125. The van der Waals surface area contributed by atoms with Crippen LogP contribution < -0.4 is 15.4 Å². The minimum absolute atomic E-state index is 0.0568. The summed E-state index contributed by atoms with van der Waals surface area (Å²) in [6.45, 7) is 9.09. The van der Waals surface area contributed by atoms with Gasteiger partial charge in [-0.2, -0.15) is 0 Å².